The summed E-state index contributed by atoms with van der Waals surface area (Å²) in [6.07, 6.45) is 14.4. The molecule has 0 aliphatic carbocycles. The van der Waals surface area contributed by atoms with Crippen molar-refractivity contribution >= 4 is 12.9 Å². The van der Waals surface area contributed by atoms with E-state index in [2.05, 4.69) is 26.8 Å². The Morgan fingerprint density at radius 1 is 0.571 bits per heavy atom. The molecule has 2 heteroatoms. The van der Waals surface area contributed by atoms with Crippen LogP contribution in [0.5, 0.6) is 0 Å². The molecule has 0 aromatic carbocycles. The first-order valence-corrected chi connectivity index (χ1v) is 6.51. The molecule has 14 heavy (non-hydrogen) atoms. The first kappa shape index (κ1) is 16.7. The van der Waals surface area contributed by atoms with Crippen molar-refractivity contribution in [2.75, 3.05) is 0 Å². The molecule has 0 saturated heterocycles. The Labute approximate surface area is 95.9 Å². The maximum absolute atomic E-state index is 6.69. The smallest absolute Gasteiger partial charge is 0.0295 e. The average molecular weight is 220 g/mol. The highest BCUT2D eigenvalue weighted by Crippen LogP contribution is 2.09. The zero-order valence-electron chi connectivity index (χ0n) is 9.97. The monoisotopic (exact) mass is 220 g/mol. The third kappa shape index (κ3) is 18.2. The van der Waals surface area contributed by atoms with E-state index >= 15 is 0 Å². The molecule has 0 spiro atoms. The van der Waals surface area contributed by atoms with Crippen LogP contribution in [-0.4, -0.2) is 4.55 Å². The molecule has 0 aliphatic rings. The summed E-state index contributed by atoms with van der Waals surface area (Å²) in [7, 11) is 0. The topological polar surface area (TPSA) is 20.2 Å². The van der Waals surface area contributed by atoms with Gasteiger partial charge in [-0.1, -0.05) is 78.1 Å². The van der Waals surface area contributed by atoms with Gasteiger partial charge in [-0.25, -0.2) is 0 Å². The summed E-state index contributed by atoms with van der Waals surface area (Å²) in [6, 6.07) is 0. The van der Waals surface area contributed by atoms with E-state index in [9.17, 15) is 0 Å². The van der Waals surface area contributed by atoms with Crippen molar-refractivity contribution in [1.82, 2.24) is 0 Å². The van der Waals surface area contributed by atoms with Crippen LogP contribution in [0.3, 0.4) is 0 Å². The lowest BCUT2D eigenvalue weighted by Gasteiger charge is -1.99. The van der Waals surface area contributed by atoms with Gasteiger partial charge in [-0.3, -0.25) is 0 Å². The lowest BCUT2D eigenvalue weighted by Crippen LogP contribution is -1.80. The highest BCUT2D eigenvalue weighted by molar-refractivity contribution is 7.74. The molecule has 0 aliphatic heterocycles. The van der Waals surface area contributed by atoms with E-state index in [1.54, 1.807) is 0 Å². The van der Waals surface area contributed by atoms with Gasteiger partial charge >= 0.3 is 0 Å². The summed E-state index contributed by atoms with van der Waals surface area (Å²) >= 11 is 2.53. The Kier molecular flexibility index (Phi) is 22.7. The van der Waals surface area contributed by atoms with Crippen molar-refractivity contribution < 1.29 is 4.55 Å². The summed E-state index contributed by atoms with van der Waals surface area (Å²) in [4.78, 5) is 0. The molecule has 0 bridgehead atoms. The molecule has 0 aromatic rings. The molecule has 0 unspecified atom stereocenters. The first-order chi connectivity index (χ1) is 6.91. The van der Waals surface area contributed by atoms with Gasteiger partial charge in [-0.05, 0) is 12.9 Å². The van der Waals surface area contributed by atoms with Gasteiger partial charge < -0.3 is 4.55 Å². The van der Waals surface area contributed by atoms with Crippen LogP contribution in [0.15, 0.2) is 0 Å². The standard InChI is InChI=1S/C12H26.H2OS/c1-3-5-7-9-11-12-10-8-6-4-2;1-2/h3-12H2,1-2H3;1-2H. The molecule has 0 fully saturated rings. The van der Waals surface area contributed by atoms with Crippen molar-refractivity contribution in [3.8, 4) is 0 Å². The van der Waals surface area contributed by atoms with Gasteiger partial charge in [0.25, 0.3) is 0 Å². The number of hydrogen-bond donors (Lipinski definition) is 2. The Balaban J connectivity index is 0. The lowest BCUT2D eigenvalue weighted by atomic mass is 10.1. The molecular formula is C12H28OS. The van der Waals surface area contributed by atoms with Crippen molar-refractivity contribution in [2.45, 2.75) is 78.1 Å². The minimum Gasteiger partial charge on any atom is -0.333 e. The molecule has 1 nitrogen and oxygen atoms in total. The van der Waals surface area contributed by atoms with E-state index in [-0.39, 0.29) is 0 Å². The van der Waals surface area contributed by atoms with E-state index < -0.39 is 0 Å². The fraction of sp³-hybridized carbons (Fsp3) is 1.00. The second kappa shape index (κ2) is 19.0. The van der Waals surface area contributed by atoms with Crippen molar-refractivity contribution in [3.63, 3.8) is 0 Å². The Bertz CT molecular complexity index is 66.7. The van der Waals surface area contributed by atoms with Crippen LogP contribution < -0.4 is 0 Å². The van der Waals surface area contributed by atoms with E-state index in [0.29, 0.717) is 0 Å². The number of unbranched alkanes of at least 4 members (excludes halogenated alkanes) is 9. The molecule has 0 heterocycles. The van der Waals surface area contributed by atoms with Crippen molar-refractivity contribution in [2.24, 2.45) is 0 Å². The van der Waals surface area contributed by atoms with E-state index in [1.807, 2.05) is 0 Å². The van der Waals surface area contributed by atoms with Gasteiger partial charge in [0.15, 0.2) is 0 Å². The third-order valence-electron chi connectivity index (χ3n) is 2.46. The second-order valence-electron chi connectivity index (χ2n) is 3.83. The number of thiol groups is 1. The molecule has 0 amide bonds. The lowest BCUT2D eigenvalue weighted by molar-refractivity contribution is 0.562. The van der Waals surface area contributed by atoms with Gasteiger partial charge in [-0.2, -0.15) is 0 Å². The Morgan fingerprint density at radius 3 is 1.00 bits per heavy atom. The normalized spacial score (nSPS) is 9.43. The van der Waals surface area contributed by atoms with Crippen LogP contribution in [0.2, 0.25) is 0 Å². The molecular weight excluding hydrogens is 192 g/mol. The van der Waals surface area contributed by atoms with Crippen LogP contribution >= 0.6 is 12.9 Å². The van der Waals surface area contributed by atoms with E-state index in [1.165, 1.54) is 64.2 Å². The number of rotatable bonds is 9. The van der Waals surface area contributed by atoms with Crippen LogP contribution in [-0.2, 0) is 0 Å². The van der Waals surface area contributed by atoms with Crippen LogP contribution in [0.25, 0.3) is 0 Å². The van der Waals surface area contributed by atoms with Gasteiger partial charge in [0.1, 0.15) is 0 Å². The number of hydrogen-bond acceptors (Lipinski definition) is 2. The Hall–Kier alpha value is 0.310. The molecule has 0 aromatic heterocycles. The fourth-order valence-corrected chi connectivity index (χ4v) is 1.56. The fourth-order valence-electron chi connectivity index (χ4n) is 1.56. The maximum Gasteiger partial charge on any atom is -0.0295 e. The molecule has 88 valence electrons. The zero-order valence-corrected chi connectivity index (χ0v) is 10.9. The zero-order chi connectivity index (χ0) is 11.1. The summed E-state index contributed by atoms with van der Waals surface area (Å²) < 4.78 is 6.69. The first-order valence-electron chi connectivity index (χ1n) is 6.11. The minimum atomic E-state index is 1.37. The summed E-state index contributed by atoms with van der Waals surface area (Å²) in [6.45, 7) is 4.56. The van der Waals surface area contributed by atoms with Gasteiger partial charge in [0.05, 0.1) is 0 Å². The molecule has 1 N–H and O–H groups in total. The molecule has 0 saturated carbocycles. The van der Waals surface area contributed by atoms with Gasteiger partial charge in [0, 0.05) is 0 Å². The van der Waals surface area contributed by atoms with Crippen LogP contribution in [0.4, 0.5) is 0 Å². The third-order valence-corrected chi connectivity index (χ3v) is 2.46. The van der Waals surface area contributed by atoms with Crippen molar-refractivity contribution in [3.05, 3.63) is 0 Å². The molecule has 0 atom stereocenters. The maximum atomic E-state index is 6.69. The molecule has 0 radical (unpaired) electrons. The Morgan fingerprint density at radius 2 is 0.786 bits per heavy atom. The van der Waals surface area contributed by atoms with Crippen LogP contribution in [0.1, 0.15) is 78.1 Å². The molecule has 0 rings (SSSR count). The van der Waals surface area contributed by atoms with E-state index in [0.717, 1.165) is 0 Å². The van der Waals surface area contributed by atoms with Crippen molar-refractivity contribution in [1.29, 1.82) is 0 Å². The largest absolute Gasteiger partial charge is 0.333 e. The summed E-state index contributed by atoms with van der Waals surface area (Å²) in [5.74, 6) is 0. The predicted octanol–water partition coefficient (Wildman–Crippen LogP) is 5.32. The van der Waals surface area contributed by atoms with E-state index in [4.69, 9.17) is 4.55 Å². The minimum absolute atomic E-state index is 1.37. The summed E-state index contributed by atoms with van der Waals surface area (Å²) in [5, 5.41) is 0. The highest BCUT2D eigenvalue weighted by atomic mass is 32.1. The SMILES string of the molecule is CCCCCCCCCCCC.OS. The van der Waals surface area contributed by atoms with Crippen LogP contribution in [0, 0.1) is 0 Å². The quantitative estimate of drug-likeness (QED) is 0.306. The summed E-state index contributed by atoms with van der Waals surface area (Å²) in [5.41, 5.74) is 0. The highest BCUT2D eigenvalue weighted by Gasteiger charge is 1.90. The van der Waals surface area contributed by atoms with Gasteiger partial charge in [0.2, 0.25) is 0 Å². The predicted molar refractivity (Wildman–Crippen MR) is 69.1 cm³/mol. The second-order valence-corrected chi connectivity index (χ2v) is 3.83. The van der Waals surface area contributed by atoms with Gasteiger partial charge in [-0.15, -0.1) is 0 Å². The average Bonchev–Trinajstić information content (AvgIpc) is 2.25.